The minimum absolute atomic E-state index is 0. The van der Waals surface area contributed by atoms with Crippen LogP contribution in [0.3, 0.4) is 0 Å². The molecule has 1 aromatic heterocycles. The van der Waals surface area contributed by atoms with Crippen LogP contribution in [0.1, 0.15) is 39.2 Å². The van der Waals surface area contributed by atoms with Gasteiger partial charge in [0.2, 0.25) is 5.88 Å². The smallest absolute Gasteiger partial charge is 0.213 e. The van der Waals surface area contributed by atoms with Gasteiger partial charge >= 0.3 is 0 Å². The fourth-order valence-electron chi connectivity index (χ4n) is 3.29. The third kappa shape index (κ3) is 6.57. The number of likely N-dealkylation sites (N-methyl/N-ethyl adjacent to an activating group) is 1. The molecule has 7 heteroatoms. The van der Waals surface area contributed by atoms with E-state index in [0.29, 0.717) is 18.5 Å². The van der Waals surface area contributed by atoms with Gasteiger partial charge in [0.1, 0.15) is 0 Å². The van der Waals surface area contributed by atoms with Crippen LogP contribution in [0.25, 0.3) is 0 Å². The van der Waals surface area contributed by atoms with E-state index in [1.54, 1.807) is 0 Å². The van der Waals surface area contributed by atoms with Crippen molar-refractivity contribution in [1.29, 1.82) is 0 Å². The fraction of sp³-hybridized carbons (Fsp3) is 0.684. The van der Waals surface area contributed by atoms with Gasteiger partial charge in [0, 0.05) is 45.0 Å². The number of aliphatic imine (C=N–C) groups is 1. The maximum absolute atomic E-state index is 5.53. The number of likely N-dealkylation sites (tertiary alicyclic amines) is 1. The standard InChI is InChI=1S/C19H33N5O.HI/c1-5-12-25-18-9-8-16(13-21-18)14-22-19(20-4)24-11-10-17(15-24)23(6-2)7-3;/h8-9,13,17H,5-7,10-12,14-15H2,1-4H3,(H,20,22);1H. The van der Waals surface area contributed by atoms with Crippen molar-refractivity contribution in [1.82, 2.24) is 20.1 Å². The van der Waals surface area contributed by atoms with E-state index in [1.165, 1.54) is 6.42 Å². The molecule has 1 saturated heterocycles. The van der Waals surface area contributed by atoms with Crippen LogP contribution in [0.4, 0.5) is 0 Å². The van der Waals surface area contributed by atoms with Crippen molar-refractivity contribution in [3.05, 3.63) is 23.9 Å². The monoisotopic (exact) mass is 475 g/mol. The summed E-state index contributed by atoms with van der Waals surface area (Å²) in [7, 11) is 1.85. The summed E-state index contributed by atoms with van der Waals surface area (Å²) >= 11 is 0. The predicted molar refractivity (Wildman–Crippen MR) is 119 cm³/mol. The highest BCUT2D eigenvalue weighted by molar-refractivity contribution is 14.0. The fourth-order valence-corrected chi connectivity index (χ4v) is 3.29. The van der Waals surface area contributed by atoms with Gasteiger partial charge in [-0.25, -0.2) is 4.98 Å². The van der Waals surface area contributed by atoms with Gasteiger partial charge in [-0.05, 0) is 31.5 Å². The molecule has 26 heavy (non-hydrogen) atoms. The first-order chi connectivity index (χ1) is 12.2. The van der Waals surface area contributed by atoms with Gasteiger partial charge < -0.3 is 15.0 Å². The lowest BCUT2D eigenvalue weighted by molar-refractivity contribution is 0.223. The molecule has 1 unspecified atom stereocenters. The van der Waals surface area contributed by atoms with Gasteiger partial charge in [-0.1, -0.05) is 26.8 Å². The van der Waals surface area contributed by atoms with Crippen molar-refractivity contribution in [3.8, 4) is 5.88 Å². The van der Waals surface area contributed by atoms with E-state index in [9.17, 15) is 0 Å². The van der Waals surface area contributed by atoms with Crippen LogP contribution in [0.15, 0.2) is 23.3 Å². The molecule has 0 saturated carbocycles. The lowest BCUT2D eigenvalue weighted by Crippen LogP contribution is -2.43. The second-order valence-corrected chi connectivity index (χ2v) is 6.36. The highest BCUT2D eigenvalue weighted by Crippen LogP contribution is 2.15. The summed E-state index contributed by atoms with van der Waals surface area (Å²) in [5, 5.41) is 3.46. The topological polar surface area (TPSA) is 53.0 Å². The Kier molecular flexibility index (Phi) is 10.9. The zero-order chi connectivity index (χ0) is 18.1. The van der Waals surface area contributed by atoms with Gasteiger partial charge in [0.25, 0.3) is 0 Å². The Morgan fingerprint density at radius 1 is 1.35 bits per heavy atom. The number of nitrogens with one attached hydrogen (secondary N) is 1. The van der Waals surface area contributed by atoms with Crippen molar-refractivity contribution in [2.75, 3.05) is 39.8 Å². The number of halogens is 1. The van der Waals surface area contributed by atoms with Crippen molar-refractivity contribution < 1.29 is 4.74 Å². The Morgan fingerprint density at radius 3 is 2.69 bits per heavy atom. The lowest BCUT2D eigenvalue weighted by atomic mass is 10.2. The van der Waals surface area contributed by atoms with E-state index >= 15 is 0 Å². The van der Waals surface area contributed by atoms with Crippen LogP contribution in [-0.2, 0) is 6.54 Å². The summed E-state index contributed by atoms with van der Waals surface area (Å²) in [6.45, 7) is 12.3. The van der Waals surface area contributed by atoms with Gasteiger partial charge in [-0.2, -0.15) is 0 Å². The Hall–Kier alpha value is -1.09. The van der Waals surface area contributed by atoms with Gasteiger partial charge in [0.15, 0.2) is 5.96 Å². The van der Waals surface area contributed by atoms with Gasteiger partial charge in [0.05, 0.1) is 6.61 Å². The molecule has 0 radical (unpaired) electrons. The molecule has 0 aromatic carbocycles. The second kappa shape index (κ2) is 12.3. The Morgan fingerprint density at radius 2 is 2.12 bits per heavy atom. The minimum Gasteiger partial charge on any atom is -0.478 e. The predicted octanol–water partition coefficient (Wildman–Crippen LogP) is 2.98. The number of nitrogens with zero attached hydrogens (tertiary/aromatic N) is 4. The number of rotatable bonds is 8. The number of pyridine rings is 1. The first kappa shape index (κ1) is 23.0. The molecule has 2 rings (SSSR count). The van der Waals surface area contributed by atoms with Crippen molar-refractivity contribution in [3.63, 3.8) is 0 Å². The lowest BCUT2D eigenvalue weighted by Gasteiger charge is -2.27. The van der Waals surface area contributed by atoms with Crippen LogP contribution in [0.2, 0.25) is 0 Å². The summed E-state index contributed by atoms with van der Waals surface area (Å²) in [6, 6.07) is 4.62. The Balaban J connectivity index is 0.00000338. The maximum atomic E-state index is 5.53. The third-order valence-corrected chi connectivity index (χ3v) is 4.71. The molecule has 2 heterocycles. The van der Waals surface area contributed by atoms with E-state index in [2.05, 4.69) is 51.9 Å². The molecule has 1 N–H and O–H groups in total. The molecular formula is C19H34IN5O. The summed E-state index contributed by atoms with van der Waals surface area (Å²) in [4.78, 5) is 13.7. The van der Waals surface area contributed by atoms with Gasteiger partial charge in [-0.3, -0.25) is 9.89 Å². The van der Waals surface area contributed by atoms with Crippen molar-refractivity contribution >= 4 is 29.9 Å². The van der Waals surface area contributed by atoms with Gasteiger partial charge in [-0.15, -0.1) is 24.0 Å². The Bertz CT molecular complexity index is 533. The molecule has 1 atom stereocenters. The SMILES string of the molecule is CCCOc1ccc(CNC(=NC)N2CCC(N(CC)CC)C2)cn1.I. The normalized spacial score (nSPS) is 17.3. The third-order valence-electron chi connectivity index (χ3n) is 4.71. The molecule has 6 nitrogen and oxygen atoms in total. The summed E-state index contributed by atoms with van der Waals surface area (Å²) in [5.41, 5.74) is 1.13. The van der Waals surface area contributed by atoms with Crippen LogP contribution in [-0.4, -0.2) is 66.6 Å². The highest BCUT2D eigenvalue weighted by Gasteiger charge is 2.27. The summed E-state index contributed by atoms with van der Waals surface area (Å²) in [5.74, 6) is 1.66. The molecule has 148 valence electrons. The molecule has 1 aliphatic heterocycles. The van der Waals surface area contributed by atoms with Crippen LogP contribution in [0, 0.1) is 0 Å². The minimum atomic E-state index is 0. The molecule has 1 aliphatic rings. The largest absolute Gasteiger partial charge is 0.478 e. The van der Waals surface area contributed by atoms with Crippen LogP contribution >= 0.6 is 24.0 Å². The number of aromatic nitrogens is 1. The molecule has 1 aromatic rings. The van der Waals surface area contributed by atoms with Crippen LogP contribution in [0.5, 0.6) is 5.88 Å². The number of guanidine groups is 1. The van der Waals surface area contributed by atoms with E-state index in [0.717, 1.165) is 50.7 Å². The van der Waals surface area contributed by atoms with Crippen LogP contribution < -0.4 is 10.1 Å². The average Bonchev–Trinajstić information content (AvgIpc) is 3.12. The first-order valence-electron chi connectivity index (χ1n) is 9.49. The van der Waals surface area contributed by atoms with E-state index in [4.69, 9.17) is 4.74 Å². The second-order valence-electron chi connectivity index (χ2n) is 6.36. The molecule has 0 amide bonds. The van der Waals surface area contributed by atoms with E-state index < -0.39 is 0 Å². The number of ether oxygens (including phenoxy) is 1. The first-order valence-corrected chi connectivity index (χ1v) is 9.49. The zero-order valence-corrected chi connectivity index (χ0v) is 18.9. The quantitative estimate of drug-likeness (QED) is 0.356. The molecule has 0 aliphatic carbocycles. The molecule has 0 spiro atoms. The summed E-state index contributed by atoms with van der Waals surface area (Å²) < 4.78 is 5.53. The highest BCUT2D eigenvalue weighted by atomic mass is 127. The van der Waals surface area contributed by atoms with E-state index in [-0.39, 0.29) is 24.0 Å². The molecule has 0 bridgehead atoms. The summed E-state index contributed by atoms with van der Waals surface area (Å²) in [6.07, 6.45) is 4.06. The molecule has 1 fully saturated rings. The van der Waals surface area contributed by atoms with Crippen molar-refractivity contribution in [2.45, 2.75) is 46.2 Å². The zero-order valence-electron chi connectivity index (χ0n) is 16.6. The number of hydrogen-bond donors (Lipinski definition) is 1. The average molecular weight is 475 g/mol. The van der Waals surface area contributed by atoms with Crippen molar-refractivity contribution in [2.24, 2.45) is 4.99 Å². The number of hydrogen-bond acceptors (Lipinski definition) is 4. The molecular weight excluding hydrogens is 441 g/mol. The van der Waals surface area contributed by atoms with E-state index in [1.807, 2.05) is 19.3 Å². The maximum Gasteiger partial charge on any atom is 0.213 e. The Labute approximate surface area is 175 Å².